The molecule has 0 radical (unpaired) electrons. The standard InChI is InChI=1S/C63H40N2/c1-3-20-46(21-4-1)63(47-22-5-2-6-23-47)56-27-13-11-25-50(56)52-39-55-54-38-45(31-34-60(54)64(62(55)40-57(52)63)48-33-30-41-16-7-8-18-43(41)36-48)44-32-35-61-53(37-44)51-26-12-14-28-59(51)65(61)58-29-15-19-42-17-9-10-24-49(42)58/h1-40H. The van der Waals surface area contributed by atoms with Gasteiger partial charge in [-0.25, -0.2) is 0 Å². The Morgan fingerprint density at radius 3 is 1.62 bits per heavy atom. The van der Waals surface area contributed by atoms with Gasteiger partial charge in [0.25, 0.3) is 0 Å². The van der Waals surface area contributed by atoms with E-state index in [2.05, 4.69) is 252 Å². The van der Waals surface area contributed by atoms with Crippen LogP contribution in [-0.4, -0.2) is 9.13 Å². The van der Waals surface area contributed by atoms with Crippen LogP contribution in [0.4, 0.5) is 0 Å². The largest absolute Gasteiger partial charge is 0.309 e. The number of fused-ring (bicyclic) bond motifs is 11. The molecule has 1 aliphatic carbocycles. The van der Waals surface area contributed by atoms with E-state index in [1.807, 2.05) is 0 Å². The molecular formula is C63H40N2. The van der Waals surface area contributed by atoms with Crippen molar-refractivity contribution >= 4 is 65.2 Å². The second-order valence-corrected chi connectivity index (χ2v) is 17.6. The van der Waals surface area contributed by atoms with Crippen molar-refractivity contribution in [3.05, 3.63) is 265 Å². The molecule has 0 atom stereocenters. The Morgan fingerprint density at radius 1 is 0.277 bits per heavy atom. The number of hydrogen-bond donors (Lipinski definition) is 0. The average Bonchev–Trinajstić information content (AvgIpc) is 3.99. The van der Waals surface area contributed by atoms with E-state index < -0.39 is 5.41 Å². The van der Waals surface area contributed by atoms with E-state index in [9.17, 15) is 0 Å². The molecule has 2 heteroatoms. The first kappa shape index (κ1) is 36.1. The number of rotatable bonds is 5. The Bertz CT molecular complexity index is 4010. The van der Waals surface area contributed by atoms with Crippen LogP contribution in [0.5, 0.6) is 0 Å². The Labute approximate surface area is 376 Å². The SMILES string of the molecule is c1ccc(C2(c3ccccc3)c3ccccc3-c3cc4c5cc(-c6ccc7c(c6)c6ccccc6n7-c6cccc7ccccc67)ccc5n(-c5ccc6ccccc6c5)c4cc32)cc1. The first-order chi connectivity index (χ1) is 32.2. The third kappa shape index (κ3) is 5.11. The molecule has 302 valence electrons. The fourth-order valence-corrected chi connectivity index (χ4v) is 11.5. The molecule has 0 aliphatic heterocycles. The van der Waals surface area contributed by atoms with Gasteiger partial charge in [-0.05, 0) is 121 Å². The third-order valence-electron chi connectivity index (χ3n) is 14.3. The predicted octanol–water partition coefficient (Wildman–Crippen LogP) is 16.2. The lowest BCUT2D eigenvalue weighted by atomic mass is 9.67. The minimum absolute atomic E-state index is 0.501. The van der Waals surface area contributed by atoms with Gasteiger partial charge in [0.05, 0.1) is 33.2 Å². The molecule has 0 N–H and O–H groups in total. The quantitative estimate of drug-likeness (QED) is 0.164. The maximum absolute atomic E-state index is 2.52. The van der Waals surface area contributed by atoms with E-state index in [4.69, 9.17) is 0 Å². The highest BCUT2D eigenvalue weighted by Gasteiger charge is 2.46. The van der Waals surface area contributed by atoms with Crippen molar-refractivity contribution in [3.63, 3.8) is 0 Å². The lowest BCUT2D eigenvalue weighted by molar-refractivity contribution is 0.769. The molecule has 13 aromatic rings. The highest BCUT2D eigenvalue weighted by Crippen LogP contribution is 2.57. The molecule has 2 aromatic heterocycles. The van der Waals surface area contributed by atoms with Gasteiger partial charge in [-0.3, -0.25) is 0 Å². The molecule has 0 saturated heterocycles. The second-order valence-electron chi connectivity index (χ2n) is 17.6. The smallest absolute Gasteiger partial charge is 0.0714 e. The summed E-state index contributed by atoms with van der Waals surface area (Å²) in [6.07, 6.45) is 0. The summed E-state index contributed by atoms with van der Waals surface area (Å²) in [6.45, 7) is 0. The minimum atomic E-state index is -0.501. The van der Waals surface area contributed by atoms with Crippen molar-refractivity contribution in [1.29, 1.82) is 0 Å². The van der Waals surface area contributed by atoms with E-state index >= 15 is 0 Å². The maximum atomic E-state index is 2.52. The summed E-state index contributed by atoms with van der Waals surface area (Å²) in [4.78, 5) is 0. The zero-order valence-electron chi connectivity index (χ0n) is 35.5. The van der Waals surface area contributed by atoms with Crippen molar-refractivity contribution in [2.75, 3.05) is 0 Å². The summed E-state index contributed by atoms with van der Waals surface area (Å²) in [5.41, 5.74) is 16.8. The number of aromatic nitrogens is 2. The van der Waals surface area contributed by atoms with Crippen LogP contribution in [0, 0.1) is 0 Å². The van der Waals surface area contributed by atoms with Gasteiger partial charge in [0.2, 0.25) is 0 Å². The van der Waals surface area contributed by atoms with Crippen LogP contribution < -0.4 is 0 Å². The first-order valence-electron chi connectivity index (χ1n) is 22.6. The van der Waals surface area contributed by atoms with Crippen LogP contribution in [-0.2, 0) is 5.41 Å². The van der Waals surface area contributed by atoms with E-state index in [0.717, 1.165) is 5.69 Å². The van der Waals surface area contributed by atoms with Gasteiger partial charge in [-0.15, -0.1) is 0 Å². The Hall–Kier alpha value is -8.46. The lowest BCUT2D eigenvalue weighted by Crippen LogP contribution is -2.28. The summed E-state index contributed by atoms with van der Waals surface area (Å²) in [6, 6.07) is 90.3. The van der Waals surface area contributed by atoms with Crippen molar-refractivity contribution in [2.45, 2.75) is 5.41 Å². The Kier molecular flexibility index (Phi) is 7.64. The zero-order valence-corrected chi connectivity index (χ0v) is 35.5. The monoisotopic (exact) mass is 824 g/mol. The molecule has 14 rings (SSSR count). The minimum Gasteiger partial charge on any atom is -0.309 e. The van der Waals surface area contributed by atoms with Gasteiger partial charge in [0, 0.05) is 32.6 Å². The summed E-state index contributed by atoms with van der Waals surface area (Å²) >= 11 is 0. The average molecular weight is 825 g/mol. The maximum Gasteiger partial charge on any atom is 0.0714 e. The van der Waals surface area contributed by atoms with E-state index in [-0.39, 0.29) is 0 Å². The fraction of sp³-hybridized carbons (Fsp3) is 0.0159. The van der Waals surface area contributed by atoms with Gasteiger partial charge < -0.3 is 9.13 Å². The highest BCUT2D eigenvalue weighted by molar-refractivity contribution is 6.15. The van der Waals surface area contributed by atoms with Crippen molar-refractivity contribution in [3.8, 4) is 33.6 Å². The van der Waals surface area contributed by atoms with Crippen LogP contribution in [0.3, 0.4) is 0 Å². The van der Waals surface area contributed by atoms with Crippen LogP contribution in [0.15, 0.2) is 243 Å². The predicted molar refractivity (Wildman–Crippen MR) is 273 cm³/mol. The Morgan fingerprint density at radius 2 is 0.846 bits per heavy atom. The molecule has 2 nitrogen and oxygen atoms in total. The summed E-state index contributed by atoms with van der Waals surface area (Å²) < 4.78 is 4.95. The highest BCUT2D eigenvalue weighted by atomic mass is 15.0. The van der Waals surface area contributed by atoms with E-state index in [1.54, 1.807) is 0 Å². The fourth-order valence-electron chi connectivity index (χ4n) is 11.5. The summed E-state index contributed by atoms with van der Waals surface area (Å²) in [7, 11) is 0. The molecule has 0 unspecified atom stereocenters. The van der Waals surface area contributed by atoms with Crippen LogP contribution >= 0.6 is 0 Å². The van der Waals surface area contributed by atoms with E-state index in [1.165, 1.54) is 115 Å². The second kappa shape index (κ2) is 13.8. The molecule has 1 aliphatic rings. The zero-order chi connectivity index (χ0) is 42.6. The number of benzene rings is 11. The lowest BCUT2D eigenvalue weighted by Gasteiger charge is -2.34. The molecule has 0 saturated carbocycles. The molecule has 0 bridgehead atoms. The first-order valence-corrected chi connectivity index (χ1v) is 22.6. The molecular weight excluding hydrogens is 785 g/mol. The van der Waals surface area contributed by atoms with Crippen molar-refractivity contribution in [2.24, 2.45) is 0 Å². The van der Waals surface area contributed by atoms with E-state index in [0.29, 0.717) is 0 Å². The van der Waals surface area contributed by atoms with Gasteiger partial charge in [0.1, 0.15) is 0 Å². The van der Waals surface area contributed by atoms with Gasteiger partial charge in [-0.2, -0.15) is 0 Å². The topological polar surface area (TPSA) is 9.86 Å². The van der Waals surface area contributed by atoms with Gasteiger partial charge in [-0.1, -0.05) is 182 Å². The third-order valence-corrected chi connectivity index (χ3v) is 14.3. The molecule has 2 heterocycles. The van der Waals surface area contributed by atoms with Crippen LogP contribution in [0.25, 0.3) is 98.8 Å². The number of hydrogen-bond acceptors (Lipinski definition) is 0. The van der Waals surface area contributed by atoms with Gasteiger partial charge >= 0.3 is 0 Å². The molecule has 0 amide bonds. The number of para-hydroxylation sites is 1. The van der Waals surface area contributed by atoms with Crippen molar-refractivity contribution < 1.29 is 0 Å². The summed E-state index contributed by atoms with van der Waals surface area (Å²) in [5, 5.41) is 9.93. The molecule has 11 aromatic carbocycles. The molecule has 0 fully saturated rings. The van der Waals surface area contributed by atoms with Gasteiger partial charge in [0.15, 0.2) is 0 Å². The van der Waals surface area contributed by atoms with Crippen LogP contribution in [0.1, 0.15) is 22.3 Å². The molecule has 65 heavy (non-hydrogen) atoms. The van der Waals surface area contributed by atoms with Crippen molar-refractivity contribution in [1.82, 2.24) is 9.13 Å². The van der Waals surface area contributed by atoms with Crippen LogP contribution in [0.2, 0.25) is 0 Å². The molecule has 0 spiro atoms. The normalized spacial score (nSPS) is 13.0. The summed E-state index contributed by atoms with van der Waals surface area (Å²) in [5.74, 6) is 0. The number of nitrogens with zero attached hydrogens (tertiary/aromatic N) is 2. The Balaban J connectivity index is 1.04.